The van der Waals surface area contributed by atoms with Crippen LogP contribution in [0.5, 0.6) is 0 Å². The number of benzene rings is 1. The fraction of sp³-hybridized carbons (Fsp3) is 0.222. The van der Waals surface area contributed by atoms with Crippen LogP contribution >= 0.6 is 0 Å². The number of rotatable bonds is 3. The first-order chi connectivity index (χ1) is 11.7. The van der Waals surface area contributed by atoms with Gasteiger partial charge in [-0.05, 0) is 31.0 Å². The molecule has 2 amide bonds. The van der Waals surface area contributed by atoms with Gasteiger partial charge in [0.15, 0.2) is 0 Å². The van der Waals surface area contributed by atoms with Crippen molar-refractivity contribution in [2.75, 3.05) is 18.4 Å². The monoisotopic (exact) mass is 320 g/mol. The van der Waals surface area contributed by atoms with Crippen LogP contribution in [-0.2, 0) is 0 Å². The van der Waals surface area contributed by atoms with E-state index in [9.17, 15) is 9.59 Å². The van der Waals surface area contributed by atoms with Gasteiger partial charge >= 0.3 is 0 Å². The highest BCUT2D eigenvalue weighted by molar-refractivity contribution is 6.06. The zero-order valence-corrected chi connectivity index (χ0v) is 13.0. The lowest BCUT2D eigenvalue weighted by molar-refractivity contribution is 0.0792. The van der Waals surface area contributed by atoms with Gasteiger partial charge in [0, 0.05) is 25.5 Å². The topological polar surface area (TPSA) is 86.1 Å². The molecule has 3 rings (SSSR count). The first kappa shape index (κ1) is 15.7. The van der Waals surface area contributed by atoms with Gasteiger partial charge in [-0.3, -0.25) is 14.6 Å². The summed E-state index contributed by atoms with van der Waals surface area (Å²) in [6.45, 7) is 1.48. The summed E-state index contributed by atoms with van der Waals surface area (Å²) >= 11 is 0. The van der Waals surface area contributed by atoms with Gasteiger partial charge in [-0.25, -0.2) is 0 Å². The van der Waals surface area contributed by atoms with E-state index in [2.05, 4.69) is 10.3 Å². The number of nitriles is 1. The van der Waals surface area contributed by atoms with E-state index in [-0.39, 0.29) is 11.5 Å². The highest BCUT2D eigenvalue weighted by atomic mass is 16.2. The van der Waals surface area contributed by atoms with Gasteiger partial charge in [-0.1, -0.05) is 12.1 Å². The molecular weight excluding hydrogens is 304 g/mol. The van der Waals surface area contributed by atoms with Crippen molar-refractivity contribution < 1.29 is 9.59 Å². The average molecular weight is 320 g/mol. The number of hydrogen-bond donors (Lipinski definition) is 1. The van der Waals surface area contributed by atoms with Gasteiger partial charge in [-0.15, -0.1) is 0 Å². The minimum atomic E-state index is -0.402. The molecule has 1 aromatic carbocycles. The van der Waals surface area contributed by atoms with E-state index < -0.39 is 5.91 Å². The maximum absolute atomic E-state index is 12.4. The normalized spacial score (nSPS) is 13.4. The predicted molar refractivity (Wildman–Crippen MR) is 88.5 cm³/mol. The summed E-state index contributed by atoms with van der Waals surface area (Å²) in [5.74, 6) is -0.506. The maximum Gasteiger partial charge on any atom is 0.257 e. The van der Waals surface area contributed by atoms with Crippen molar-refractivity contribution in [2.45, 2.75) is 12.8 Å². The molecule has 2 heterocycles. The Morgan fingerprint density at radius 1 is 1.12 bits per heavy atom. The zero-order chi connectivity index (χ0) is 16.9. The Kier molecular flexibility index (Phi) is 4.52. The number of aromatic nitrogens is 1. The number of nitrogens with zero attached hydrogens (tertiary/aromatic N) is 3. The van der Waals surface area contributed by atoms with E-state index >= 15 is 0 Å². The Balaban J connectivity index is 1.79. The van der Waals surface area contributed by atoms with E-state index in [1.807, 2.05) is 6.07 Å². The van der Waals surface area contributed by atoms with Gasteiger partial charge in [-0.2, -0.15) is 5.26 Å². The second kappa shape index (κ2) is 6.92. The van der Waals surface area contributed by atoms with Crippen LogP contribution in [0, 0.1) is 11.3 Å². The number of carbonyl (C=O) groups is 2. The number of amides is 2. The highest BCUT2D eigenvalue weighted by Crippen LogP contribution is 2.16. The molecule has 24 heavy (non-hydrogen) atoms. The first-order valence-corrected chi connectivity index (χ1v) is 7.74. The number of likely N-dealkylation sites (tertiary alicyclic amines) is 1. The van der Waals surface area contributed by atoms with E-state index in [1.165, 1.54) is 18.5 Å². The minimum absolute atomic E-state index is 0.105. The molecule has 1 saturated heterocycles. The molecule has 2 aromatic rings. The van der Waals surface area contributed by atoms with Crippen molar-refractivity contribution >= 4 is 17.5 Å². The highest BCUT2D eigenvalue weighted by Gasteiger charge is 2.20. The van der Waals surface area contributed by atoms with E-state index in [4.69, 9.17) is 5.26 Å². The Morgan fingerprint density at radius 3 is 2.58 bits per heavy atom. The lowest BCUT2D eigenvalue weighted by Crippen LogP contribution is -2.28. The Bertz CT molecular complexity index is 820. The summed E-state index contributed by atoms with van der Waals surface area (Å²) in [6, 6.07) is 10.3. The molecule has 0 atom stereocenters. The molecule has 1 aliphatic heterocycles. The summed E-state index contributed by atoms with van der Waals surface area (Å²) < 4.78 is 0. The molecule has 1 aliphatic rings. The number of hydrogen-bond acceptors (Lipinski definition) is 4. The van der Waals surface area contributed by atoms with Crippen molar-refractivity contribution in [3.8, 4) is 6.07 Å². The molecular formula is C18H16N4O2. The van der Waals surface area contributed by atoms with Crippen LogP contribution < -0.4 is 5.32 Å². The molecule has 120 valence electrons. The van der Waals surface area contributed by atoms with Gasteiger partial charge in [0.05, 0.1) is 22.4 Å². The Hall–Kier alpha value is -3.20. The summed E-state index contributed by atoms with van der Waals surface area (Å²) in [6.07, 6.45) is 4.89. The van der Waals surface area contributed by atoms with Crippen LogP contribution in [0.1, 0.15) is 39.1 Å². The lowest BCUT2D eigenvalue weighted by Gasteiger charge is -2.15. The number of pyridine rings is 1. The van der Waals surface area contributed by atoms with E-state index in [0.717, 1.165) is 25.9 Å². The molecule has 1 fully saturated rings. The second-order valence-electron chi connectivity index (χ2n) is 5.57. The van der Waals surface area contributed by atoms with E-state index in [1.54, 1.807) is 29.2 Å². The van der Waals surface area contributed by atoms with Crippen molar-refractivity contribution in [1.29, 1.82) is 5.26 Å². The molecule has 6 heteroatoms. The number of anilines is 1. The summed E-state index contributed by atoms with van der Waals surface area (Å²) in [4.78, 5) is 30.6. The largest absolute Gasteiger partial charge is 0.339 e. The molecule has 6 nitrogen and oxygen atoms in total. The third-order valence-corrected chi connectivity index (χ3v) is 3.94. The van der Waals surface area contributed by atoms with Gasteiger partial charge in [0.1, 0.15) is 6.07 Å². The minimum Gasteiger partial charge on any atom is -0.339 e. The van der Waals surface area contributed by atoms with Crippen LogP contribution in [0.2, 0.25) is 0 Å². The lowest BCUT2D eigenvalue weighted by atomic mass is 10.1. The van der Waals surface area contributed by atoms with Crippen LogP contribution in [0.25, 0.3) is 0 Å². The van der Waals surface area contributed by atoms with Crippen LogP contribution in [-0.4, -0.2) is 34.8 Å². The Labute approximate surface area is 139 Å². The molecule has 0 spiro atoms. The van der Waals surface area contributed by atoms with Crippen LogP contribution in [0.4, 0.5) is 5.69 Å². The molecule has 0 aliphatic carbocycles. The van der Waals surface area contributed by atoms with Crippen molar-refractivity contribution in [2.24, 2.45) is 0 Å². The average Bonchev–Trinajstić information content (AvgIpc) is 3.16. The quantitative estimate of drug-likeness (QED) is 0.941. The number of carbonyl (C=O) groups excluding carboxylic acids is 2. The molecule has 1 aromatic heterocycles. The first-order valence-electron chi connectivity index (χ1n) is 7.74. The van der Waals surface area contributed by atoms with Crippen molar-refractivity contribution in [3.63, 3.8) is 0 Å². The number of nitrogens with one attached hydrogen (secondary N) is 1. The second-order valence-corrected chi connectivity index (χ2v) is 5.57. The van der Waals surface area contributed by atoms with Crippen molar-refractivity contribution in [1.82, 2.24) is 9.88 Å². The van der Waals surface area contributed by atoms with Gasteiger partial charge in [0.2, 0.25) is 0 Å². The van der Waals surface area contributed by atoms with Crippen LogP contribution in [0.3, 0.4) is 0 Å². The summed E-state index contributed by atoms with van der Waals surface area (Å²) in [5, 5.41) is 11.8. The maximum atomic E-state index is 12.4. The summed E-state index contributed by atoms with van der Waals surface area (Å²) in [7, 11) is 0. The number of para-hydroxylation sites is 1. The summed E-state index contributed by atoms with van der Waals surface area (Å²) in [5.41, 5.74) is 1.50. The predicted octanol–water partition coefficient (Wildman–Crippen LogP) is 2.44. The van der Waals surface area contributed by atoms with Crippen molar-refractivity contribution in [3.05, 3.63) is 59.4 Å². The third kappa shape index (κ3) is 3.25. The van der Waals surface area contributed by atoms with Crippen LogP contribution in [0.15, 0.2) is 42.7 Å². The molecule has 1 N–H and O–H groups in total. The fourth-order valence-electron chi connectivity index (χ4n) is 2.67. The molecule has 0 bridgehead atoms. The molecule has 0 radical (unpaired) electrons. The molecule has 0 unspecified atom stereocenters. The van der Waals surface area contributed by atoms with Gasteiger partial charge in [0.25, 0.3) is 11.8 Å². The zero-order valence-electron chi connectivity index (χ0n) is 13.0. The fourth-order valence-corrected chi connectivity index (χ4v) is 2.67. The molecule has 0 saturated carbocycles. The van der Waals surface area contributed by atoms with Gasteiger partial charge < -0.3 is 10.2 Å². The standard InChI is InChI=1S/C18H16N4O2/c19-10-13-5-1-2-6-16(13)21-17(23)14-9-15(12-20-11-14)18(24)22-7-3-4-8-22/h1-2,5-6,9,11-12H,3-4,7-8H2,(H,21,23). The third-order valence-electron chi connectivity index (χ3n) is 3.94. The Morgan fingerprint density at radius 2 is 1.83 bits per heavy atom. The smallest absolute Gasteiger partial charge is 0.257 e. The van der Waals surface area contributed by atoms with E-state index in [0.29, 0.717) is 16.8 Å². The SMILES string of the molecule is N#Cc1ccccc1NC(=O)c1cncc(C(=O)N2CCCC2)c1.